The van der Waals surface area contributed by atoms with Crippen molar-refractivity contribution in [3.05, 3.63) is 59.2 Å². The van der Waals surface area contributed by atoms with E-state index in [9.17, 15) is 39.5 Å². The molecule has 1 aliphatic rings. The van der Waals surface area contributed by atoms with Crippen LogP contribution in [0.3, 0.4) is 0 Å². The van der Waals surface area contributed by atoms with Gasteiger partial charge in [-0.3, -0.25) is 0 Å². The van der Waals surface area contributed by atoms with Crippen LogP contribution in [0.1, 0.15) is 16.7 Å². The molecule has 0 nitrogen and oxygen atoms in total. The molecule has 0 radical (unpaired) electrons. The zero-order valence-electron chi connectivity index (χ0n) is 12.7. The first-order chi connectivity index (χ1) is 11.8. The molecular weight excluding hydrogens is 375 g/mol. The van der Waals surface area contributed by atoms with E-state index < -0.39 is 35.1 Å². The predicted octanol–water partition coefficient (Wildman–Crippen LogP) is 6.18. The second-order valence-electron chi connectivity index (χ2n) is 5.89. The van der Waals surface area contributed by atoms with Gasteiger partial charge in [-0.15, -0.1) is 0 Å². The van der Waals surface area contributed by atoms with Gasteiger partial charge < -0.3 is 0 Å². The van der Waals surface area contributed by atoms with Crippen LogP contribution in [-0.4, -0.2) is 18.0 Å². The fourth-order valence-corrected chi connectivity index (χ4v) is 3.00. The minimum Gasteiger partial charge on any atom is -0.194 e. The second kappa shape index (κ2) is 5.40. The van der Waals surface area contributed by atoms with Gasteiger partial charge in [-0.2, -0.15) is 39.5 Å². The Balaban J connectivity index is 2.16. The molecule has 0 amide bonds. The van der Waals surface area contributed by atoms with Crippen molar-refractivity contribution in [2.75, 3.05) is 0 Å². The Morgan fingerprint density at radius 3 is 1.81 bits per heavy atom. The summed E-state index contributed by atoms with van der Waals surface area (Å²) in [6, 6.07) is 8.86. The molecule has 3 rings (SSSR count). The van der Waals surface area contributed by atoms with Crippen molar-refractivity contribution in [1.82, 2.24) is 0 Å². The molecule has 0 heterocycles. The molecular formula is C17H9F9. The van der Waals surface area contributed by atoms with Gasteiger partial charge in [0.1, 0.15) is 0 Å². The van der Waals surface area contributed by atoms with E-state index in [1.54, 1.807) is 12.1 Å². The summed E-state index contributed by atoms with van der Waals surface area (Å²) in [5.74, 6) is -19.3. The molecule has 0 aliphatic heterocycles. The highest BCUT2D eigenvalue weighted by Crippen LogP contribution is 2.58. The van der Waals surface area contributed by atoms with Gasteiger partial charge in [0.05, 0.1) is 0 Å². The Labute approximate surface area is 141 Å². The van der Waals surface area contributed by atoms with Gasteiger partial charge in [-0.25, -0.2) is 0 Å². The molecule has 0 aromatic heterocycles. The monoisotopic (exact) mass is 384 g/mol. The summed E-state index contributed by atoms with van der Waals surface area (Å²) in [4.78, 5) is 0. The summed E-state index contributed by atoms with van der Waals surface area (Å²) in [6.45, 7) is 0. The van der Waals surface area contributed by atoms with Crippen molar-refractivity contribution in [2.24, 2.45) is 0 Å². The van der Waals surface area contributed by atoms with E-state index in [-0.39, 0.29) is 12.0 Å². The average Bonchev–Trinajstić information content (AvgIpc) is 2.91. The Bertz CT molecular complexity index is 850. The summed E-state index contributed by atoms with van der Waals surface area (Å²) >= 11 is 0. The second-order valence-corrected chi connectivity index (χ2v) is 5.89. The van der Waals surface area contributed by atoms with E-state index in [1.165, 1.54) is 18.2 Å². The van der Waals surface area contributed by atoms with Crippen LogP contribution in [0.15, 0.2) is 42.5 Å². The van der Waals surface area contributed by atoms with Crippen molar-refractivity contribution in [3.8, 4) is 11.1 Å². The van der Waals surface area contributed by atoms with Crippen molar-refractivity contribution >= 4 is 0 Å². The summed E-state index contributed by atoms with van der Waals surface area (Å²) in [6.07, 6.45) is -7.11. The number of hydrogen-bond acceptors (Lipinski definition) is 0. The fraction of sp³-hybridized carbons (Fsp3) is 0.294. The van der Waals surface area contributed by atoms with Gasteiger partial charge in [0.2, 0.25) is 0 Å². The molecule has 0 saturated carbocycles. The van der Waals surface area contributed by atoms with Crippen molar-refractivity contribution in [3.63, 3.8) is 0 Å². The van der Waals surface area contributed by atoms with Crippen molar-refractivity contribution < 1.29 is 39.5 Å². The van der Waals surface area contributed by atoms with Crippen molar-refractivity contribution in [2.45, 2.75) is 30.4 Å². The molecule has 26 heavy (non-hydrogen) atoms. The summed E-state index contributed by atoms with van der Waals surface area (Å²) in [5, 5.41) is 0. The molecule has 0 N–H and O–H groups in total. The number of benzene rings is 2. The average molecular weight is 384 g/mol. The lowest BCUT2D eigenvalue weighted by molar-refractivity contribution is -0.399. The standard InChI is InChI=1S/C17H9F9/c18-14(19,15(20,21)16(22,23)17(24,25)26)13-7-3-6-11-10-5-2-1-4-9(10)8-12(11)13/h1-7H,8H2. The van der Waals surface area contributed by atoms with Crippen molar-refractivity contribution in [1.29, 1.82) is 0 Å². The van der Waals surface area contributed by atoms with Crippen LogP contribution in [0.5, 0.6) is 0 Å². The molecule has 0 atom stereocenters. The Morgan fingerprint density at radius 2 is 1.19 bits per heavy atom. The van der Waals surface area contributed by atoms with Gasteiger partial charge in [-0.1, -0.05) is 42.5 Å². The molecule has 140 valence electrons. The largest absolute Gasteiger partial charge is 0.460 e. The normalized spacial score (nSPS) is 15.0. The molecule has 0 bridgehead atoms. The molecule has 1 aliphatic carbocycles. The van der Waals surface area contributed by atoms with E-state index in [0.29, 0.717) is 17.2 Å². The lowest BCUT2D eigenvalue weighted by atomic mass is 9.91. The molecule has 0 unspecified atom stereocenters. The van der Waals surface area contributed by atoms with Gasteiger partial charge in [0.25, 0.3) is 0 Å². The number of fused-ring (bicyclic) bond motifs is 3. The molecule has 9 heteroatoms. The minimum atomic E-state index is -6.91. The first-order valence-electron chi connectivity index (χ1n) is 7.23. The Hall–Kier alpha value is -2.19. The fourth-order valence-electron chi connectivity index (χ4n) is 3.00. The van der Waals surface area contributed by atoms with Crippen LogP contribution in [0.25, 0.3) is 11.1 Å². The van der Waals surface area contributed by atoms with Crippen LogP contribution < -0.4 is 0 Å². The lowest BCUT2D eigenvalue weighted by Gasteiger charge is -2.34. The number of rotatable bonds is 3. The maximum atomic E-state index is 14.3. The maximum absolute atomic E-state index is 14.3. The first kappa shape index (κ1) is 18.6. The zero-order valence-corrected chi connectivity index (χ0v) is 12.7. The van der Waals surface area contributed by atoms with E-state index in [0.717, 1.165) is 6.07 Å². The molecule has 2 aromatic carbocycles. The highest BCUT2D eigenvalue weighted by molar-refractivity contribution is 5.78. The highest BCUT2D eigenvalue weighted by atomic mass is 19.4. The van der Waals surface area contributed by atoms with E-state index in [4.69, 9.17) is 0 Å². The summed E-state index contributed by atoms with van der Waals surface area (Å²) < 4.78 is 119. The third kappa shape index (κ3) is 2.32. The number of alkyl halides is 9. The lowest BCUT2D eigenvalue weighted by Crippen LogP contribution is -2.59. The van der Waals surface area contributed by atoms with Gasteiger partial charge in [0.15, 0.2) is 0 Å². The van der Waals surface area contributed by atoms with Gasteiger partial charge in [0, 0.05) is 5.56 Å². The molecule has 0 saturated heterocycles. The van der Waals surface area contributed by atoms with Gasteiger partial charge >= 0.3 is 23.9 Å². The van der Waals surface area contributed by atoms with E-state index in [1.807, 2.05) is 0 Å². The van der Waals surface area contributed by atoms with Crippen LogP contribution in [0.4, 0.5) is 39.5 Å². The van der Waals surface area contributed by atoms with E-state index >= 15 is 0 Å². The van der Waals surface area contributed by atoms with E-state index in [2.05, 4.69) is 0 Å². The highest BCUT2D eigenvalue weighted by Gasteiger charge is 2.82. The van der Waals surface area contributed by atoms with Crippen LogP contribution >= 0.6 is 0 Å². The van der Waals surface area contributed by atoms with Crippen LogP contribution in [-0.2, 0) is 12.3 Å². The van der Waals surface area contributed by atoms with Crippen LogP contribution in [0, 0.1) is 0 Å². The van der Waals surface area contributed by atoms with Crippen LogP contribution in [0.2, 0.25) is 0 Å². The third-order valence-corrected chi connectivity index (χ3v) is 4.33. The Kier molecular flexibility index (Phi) is 3.86. The quantitative estimate of drug-likeness (QED) is 0.473. The first-order valence-corrected chi connectivity index (χ1v) is 7.23. The topological polar surface area (TPSA) is 0 Å². The minimum absolute atomic E-state index is 0.101. The summed E-state index contributed by atoms with van der Waals surface area (Å²) in [5.41, 5.74) is -0.914. The smallest absolute Gasteiger partial charge is 0.194 e. The third-order valence-electron chi connectivity index (χ3n) is 4.33. The van der Waals surface area contributed by atoms with Gasteiger partial charge in [-0.05, 0) is 28.7 Å². The Morgan fingerprint density at radius 1 is 0.615 bits per heavy atom. The molecule has 2 aromatic rings. The SMILES string of the molecule is FC(F)(F)C(F)(F)C(F)(F)C(F)(F)c1cccc2c1Cc1ccccc1-2. The number of halogens is 9. The molecule has 0 spiro atoms. The number of hydrogen-bond donors (Lipinski definition) is 0. The molecule has 0 fully saturated rings. The zero-order chi connectivity index (χ0) is 19.5. The maximum Gasteiger partial charge on any atom is 0.460 e. The summed E-state index contributed by atoms with van der Waals surface area (Å²) in [7, 11) is 0. The predicted molar refractivity (Wildman–Crippen MR) is 74.5 cm³/mol.